The van der Waals surface area contributed by atoms with Gasteiger partial charge in [0.05, 0.1) is 28.4 Å². The van der Waals surface area contributed by atoms with Gasteiger partial charge in [-0.05, 0) is 73.3 Å². The van der Waals surface area contributed by atoms with Gasteiger partial charge < -0.3 is 20.7 Å². The van der Waals surface area contributed by atoms with Gasteiger partial charge in [0.1, 0.15) is 11.6 Å². The summed E-state index contributed by atoms with van der Waals surface area (Å²) in [6.45, 7) is 6.64. The molecule has 0 bridgehead atoms. The minimum atomic E-state index is -0.468. The van der Waals surface area contributed by atoms with Crippen LogP contribution in [-0.4, -0.2) is 36.5 Å². The third kappa shape index (κ3) is 7.22. The van der Waals surface area contributed by atoms with Crippen LogP contribution < -0.4 is 20.7 Å². The zero-order chi connectivity index (χ0) is 26.4. The summed E-state index contributed by atoms with van der Waals surface area (Å²) in [7, 11) is 0. The van der Waals surface area contributed by atoms with Crippen molar-refractivity contribution in [3.63, 3.8) is 0 Å². The molecule has 1 unspecified atom stereocenters. The maximum Gasteiger partial charge on any atom is 0.259 e. The SMILES string of the molecule is CC(C)c1ccc(C(=O)Nc2ccc(Cl)cc2C(=O)Nc2ccc(Cl)cn2)c(OCC2CCCNC2)c1. The van der Waals surface area contributed by atoms with Crippen LogP contribution in [0.15, 0.2) is 54.7 Å². The van der Waals surface area contributed by atoms with Gasteiger partial charge in [-0.2, -0.15) is 0 Å². The Morgan fingerprint density at radius 3 is 2.51 bits per heavy atom. The summed E-state index contributed by atoms with van der Waals surface area (Å²) in [5.74, 6) is 0.671. The van der Waals surface area contributed by atoms with Gasteiger partial charge in [0, 0.05) is 23.7 Å². The fraction of sp³-hybridized carbons (Fsp3) is 0.321. The molecular weight excluding hydrogens is 511 g/mol. The van der Waals surface area contributed by atoms with Crippen molar-refractivity contribution in [3.8, 4) is 5.75 Å². The molecule has 1 aliphatic rings. The number of hydrogen-bond donors (Lipinski definition) is 3. The van der Waals surface area contributed by atoms with E-state index >= 15 is 0 Å². The average Bonchev–Trinajstić information content (AvgIpc) is 2.90. The van der Waals surface area contributed by atoms with Gasteiger partial charge in [-0.15, -0.1) is 0 Å². The predicted octanol–water partition coefficient (Wildman–Crippen LogP) is 6.39. The average molecular weight is 541 g/mol. The molecule has 37 heavy (non-hydrogen) atoms. The first-order valence-electron chi connectivity index (χ1n) is 12.3. The molecule has 0 radical (unpaired) electrons. The Morgan fingerprint density at radius 2 is 1.81 bits per heavy atom. The number of nitrogens with zero attached hydrogens (tertiary/aromatic N) is 1. The molecule has 1 aliphatic heterocycles. The molecule has 2 amide bonds. The third-order valence-electron chi connectivity index (χ3n) is 6.23. The largest absolute Gasteiger partial charge is 0.492 e. The lowest BCUT2D eigenvalue weighted by atomic mass is 9.99. The molecule has 2 heterocycles. The second kappa shape index (κ2) is 12.4. The van der Waals surface area contributed by atoms with E-state index in [2.05, 4.69) is 34.8 Å². The standard InChI is InChI=1S/C28H30Cl2N4O3/c1-17(2)19-5-8-22(25(12-19)37-16-18-4-3-11-31-14-18)27(35)33-24-9-6-20(29)13-23(24)28(36)34-26-10-7-21(30)15-32-26/h5-10,12-13,15,17-18,31H,3-4,11,14,16H2,1-2H3,(H,33,35)(H,32,34,36). The first-order chi connectivity index (χ1) is 17.8. The lowest BCUT2D eigenvalue weighted by Crippen LogP contribution is -2.33. The quantitative estimate of drug-likeness (QED) is 0.307. The molecule has 1 atom stereocenters. The Labute approximate surface area is 226 Å². The van der Waals surface area contributed by atoms with Gasteiger partial charge in [0.2, 0.25) is 0 Å². The number of aromatic nitrogens is 1. The van der Waals surface area contributed by atoms with Gasteiger partial charge in [0.15, 0.2) is 0 Å². The molecule has 1 aromatic heterocycles. The first kappa shape index (κ1) is 26.9. The van der Waals surface area contributed by atoms with Gasteiger partial charge in [-0.25, -0.2) is 4.98 Å². The monoisotopic (exact) mass is 540 g/mol. The van der Waals surface area contributed by atoms with E-state index in [-0.39, 0.29) is 17.4 Å². The summed E-state index contributed by atoms with van der Waals surface area (Å²) in [5, 5.41) is 9.78. The molecule has 0 saturated carbocycles. The Hall–Kier alpha value is -3.13. The summed E-state index contributed by atoms with van der Waals surface area (Å²) in [6, 6.07) is 13.5. The number of hydrogen-bond acceptors (Lipinski definition) is 5. The smallest absolute Gasteiger partial charge is 0.259 e. The van der Waals surface area contributed by atoms with Crippen LogP contribution in [0.1, 0.15) is 58.9 Å². The Morgan fingerprint density at radius 1 is 1.03 bits per heavy atom. The van der Waals surface area contributed by atoms with Gasteiger partial charge in [-0.3, -0.25) is 9.59 Å². The van der Waals surface area contributed by atoms with E-state index < -0.39 is 5.91 Å². The molecular formula is C28H30Cl2N4O3. The van der Waals surface area contributed by atoms with Crippen molar-refractivity contribution in [1.82, 2.24) is 10.3 Å². The van der Waals surface area contributed by atoms with Crippen LogP contribution in [0.3, 0.4) is 0 Å². The number of amides is 2. The number of carbonyl (C=O) groups is 2. The Bertz CT molecular complexity index is 1260. The molecule has 1 fully saturated rings. The minimum absolute atomic E-state index is 0.201. The summed E-state index contributed by atoms with van der Waals surface area (Å²) in [5.41, 5.74) is 1.99. The summed E-state index contributed by atoms with van der Waals surface area (Å²) in [4.78, 5) is 30.5. The van der Waals surface area contributed by atoms with Crippen molar-refractivity contribution in [2.75, 3.05) is 30.3 Å². The number of ether oxygens (including phenoxy) is 1. The molecule has 194 valence electrons. The fourth-order valence-corrected chi connectivity index (χ4v) is 4.40. The van der Waals surface area contributed by atoms with E-state index in [9.17, 15) is 9.59 Å². The molecule has 0 aliphatic carbocycles. The maximum atomic E-state index is 13.4. The van der Waals surface area contributed by atoms with Crippen molar-refractivity contribution in [2.45, 2.75) is 32.6 Å². The van der Waals surface area contributed by atoms with Crippen molar-refractivity contribution in [3.05, 3.63) is 81.5 Å². The van der Waals surface area contributed by atoms with E-state index in [0.717, 1.165) is 31.5 Å². The topological polar surface area (TPSA) is 92.4 Å². The summed E-state index contributed by atoms with van der Waals surface area (Å²) >= 11 is 12.1. The minimum Gasteiger partial charge on any atom is -0.492 e. The van der Waals surface area contributed by atoms with Crippen LogP contribution in [-0.2, 0) is 0 Å². The number of benzene rings is 2. The molecule has 0 spiro atoms. The van der Waals surface area contributed by atoms with E-state index in [1.54, 1.807) is 30.3 Å². The van der Waals surface area contributed by atoms with Crippen LogP contribution in [0.4, 0.5) is 11.5 Å². The van der Waals surface area contributed by atoms with E-state index in [0.29, 0.717) is 45.4 Å². The highest BCUT2D eigenvalue weighted by Crippen LogP contribution is 2.28. The number of pyridine rings is 1. The molecule has 3 N–H and O–H groups in total. The van der Waals surface area contributed by atoms with Crippen LogP contribution in [0.5, 0.6) is 5.75 Å². The Kier molecular flexibility index (Phi) is 9.03. The number of carbonyl (C=O) groups excluding carboxylic acids is 2. The van der Waals surface area contributed by atoms with Crippen molar-refractivity contribution < 1.29 is 14.3 Å². The van der Waals surface area contributed by atoms with Crippen LogP contribution in [0.25, 0.3) is 0 Å². The molecule has 4 rings (SSSR count). The van der Waals surface area contributed by atoms with E-state index in [1.807, 2.05) is 12.1 Å². The molecule has 7 nitrogen and oxygen atoms in total. The predicted molar refractivity (Wildman–Crippen MR) is 148 cm³/mol. The van der Waals surface area contributed by atoms with Crippen molar-refractivity contribution in [2.24, 2.45) is 5.92 Å². The lowest BCUT2D eigenvalue weighted by molar-refractivity contribution is 0.102. The number of rotatable bonds is 8. The molecule has 2 aromatic carbocycles. The maximum absolute atomic E-state index is 13.4. The van der Waals surface area contributed by atoms with E-state index in [1.165, 1.54) is 12.3 Å². The first-order valence-corrected chi connectivity index (χ1v) is 13.1. The molecule has 3 aromatic rings. The second-order valence-electron chi connectivity index (χ2n) is 9.39. The van der Waals surface area contributed by atoms with Crippen LogP contribution in [0, 0.1) is 5.92 Å². The summed E-state index contributed by atoms with van der Waals surface area (Å²) < 4.78 is 6.19. The number of nitrogens with one attached hydrogen (secondary N) is 3. The lowest BCUT2D eigenvalue weighted by Gasteiger charge is -2.24. The zero-order valence-corrected chi connectivity index (χ0v) is 22.3. The highest BCUT2D eigenvalue weighted by atomic mass is 35.5. The van der Waals surface area contributed by atoms with Crippen molar-refractivity contribution in [1.29, 1.82) is 0 Å². The fourth-order valence-electron chi connectivity index (χ4n) is 4.12. The number of anilines is 2. The number of piperidine rings is 1. The third-order valence-corrected chi connectivity index (χ3v) is 6.69. The highest BCUT2D eigenvalue weighted by molar-refractivity contribution is 6.31. The van der Waals surface area contributed by atoms with Gasteiger partial charge in [-0.1, -0.05) is 43.1 Å². The van der Waals surface area contributed by atoms with Gasteiger partial charge in [0.25, 0.3) is 11.8 Å². The molecule has 1 saturated heterocycles. The highest BCUT2D eigenvalue weighted by Gasteiger charge is 2.21. The second-order valence-corrected chi connectivity index (χ2v) is 10.3. The normalized spacial score (nSPS) is 15.3. The van der Waals surface area contributed by atoms with E-state index in [4.69, 9.17) is 27.9 Å². The summed E-state index contributed by atoms with van der Waals surface area (Å²) in [6.07, 6.45) is 3.63. The number of halogens is 2. The molecule has 9 heteroatoms. The van der Waals surface area contributed by atoms with Crippen molar-refractivity contribution >= 4 is 46.5 Å². The van der Waals surface area contributed by atoms with Crippen LogP contribution in [0.2, 0.25) is 10.0 Å². The van der Waals surface area contributed by atoms with Crippen LogP contribution >= 0.6 is 23.2 Å². The van der Waals surface area contributed by atoms with Gasteiger partial charge >= 0.3 is 0 Å². The zero-order valence-electron chi connectivity index (χ0n) is 20.8. The Balaban J connectivity index is 1.56.